The molecule has 8 nitrogen and oxygen atoms in total. The minimum Gasteiger partial charge on any atom is -0.461 e. The van der Waals surface area contributed by atoms with Crippen LogP contribution in [-0.4, -0.2) is 53.8 Å². The smallest absolute Gasteiger partial charge is 0.461 e. The summed E-state index contributed by atoms with van der Waals surface area (Å²) >= 11 is 1.36. The number of carbonyl (C=O) groups is 3. The van der Waals surface area contributed by atoms with E-state index in [2.05, 4.69) is 4.98 Å². The number of thiazole rings is 1. The van der Waals surface area contributed by atoms with Gasteiger partial charge in [0, 0.05) is 30.8 Å². The van der Waals surface area contributed by atoms with Gasteiger partial charge in [-0.1, -0.05) is 47.1 Å². The minimum atomic E-state index is -5.13. The molecule has 1 amide bonds. The number of amides is 1. The molecule has 1 aromatic rings. The topological polar surface area (TPSA) is 121 Å². The van der Waals surface area contributed by atoms with Crippen LogP contribution in [0.15, 0.2) is 64.6 Å². The van der Waals surface area contributed by atoms with Crippen LogP contribution in [0.5, 0.6) is 0 Å². The minimum absolute atomic E-state index is 0.0652. The van der Waals surface area contributed by atoms with Gasteiger partial charge in [-0.05, 0) is 53.0 Å². The zero-order chi connectivity index (χ0) is 31.3. The fraction of sp³-hybridized carbons (Fsp3) is 0.467. The number of aromatic nitrogens is 1. The molecule has 0 aromatic carbocycles. The molecular formula is C30H38F3N3O5S. The highest BCUT2D eigenvalue weighted by molar-refractivity contribution is 7.09. The van der Waals surface area contributed by atoms with E-state index in [9.17, 15) is 27.6 Å². The Kier molecular flexibility index (Phi) is 13.9. The van der Waals surface area contributed by atoms with Gasteiger partial charge in [0.15, 0.2) is 0 Å². The molecule has 0 fully saturated rings. The van der Waals surface area contributed by atoms with Crippen LogP contribution >= 0.6 is 11.3 Å². The molecule has 2 rings (SSSR count). The summed E-state index contributed by atoms with van der Waals surface area (Å²) in [4.78, 5) is 41.5. The molecule has 42 heavy (non-hydrogen) atoms. The predicted octanol–water partition coefficient (Wildman–Crippen LogP) is 5.21. The first kappa shape index (κ1) is 34.7. The van der Waals surface area contributed by atoms with Crippen molar-refractivity contribution in [3.63, 3.8) is 0 Å². The number of ether oxygens (including phenoxy) is 2. The lowest BCUT2D eigenvalue weighted by Crippen LogP contribution is -2.48. The molecule has 2 heterocycles. The van der Waals surface area contributed by atoms with Crippen LogP contribution in [0.4, 0.5) is 13.2 Å². The zero-order valence-corrected chi connectivity index (χ0v) is 25.0. The number of hydrogen-bond acceptors (Lipinski definition) is 8. The Balaban J connectivity index is 2.32. The van der Waals surface area contributed by atoms with Crippen molar-refractivity contribution in [3.05, 3.63) is 75.3 Å². The summed E-state index contributed by atoms with van der Waals surface area (Å²) in [5.41, 5.74) is 8.85. The van der Waals surface area contributed by atoms with E-state index in [4.69, 9.17) is 15.2 Å². The predicted molar refractivity (Wildman–Crippen MR) is 155 cm³/mol. The van der Waals surface area contributed by atoms with Gasteiger partial charge in [-0.25, -0.2) is 14.6 Å². The molecule has 1 aliphatic rings. The van der Waals surface area contributed by atoms with E-state index >= 15 is 0 Å². The molecule has 0 saturated carbocycles. The van der Waals surface area contributed by atoms with Crippen LogP contribution in [-0.2, 0) is 36.7 Å². The van der Waals surface area contributed by atoms with Crippen molar-refractivity contribution >= 4 is 29.2 Å². The number of esters is 2. The van der Waals surface area contributed by atoms with Crippen molar-refractivity contribution in [2.75, 3.05) is 6.54 Å². The van der Waals surface area contributed by atoms with Gasteiger partial charge in [-0.3, -0.25) is 4.79 Å². The number of nitrogens with zero attached hydrogens (tertiary/aromatic N) is 1. The van der Waals surface area contributed by atoms with E-state index in [1.165, 1.54) is 23.5 Å². The number of halogens is 3. The summed E-state index contributed by atoms with van der Waals surface area (Å²) in [6, 6.07) is -1.47. The summed E-state index contributed by atoms with van der Waals surface area (Å²) in [6.07, 6.45) is 6.71. The lowest BCUT2D eigenvalue weighted by molar-refractivity contribution is -0.176. The van der Waals surface area contributed by atoms with Crippen molar-refractivity contribution < 1.29 is 37.0 Å². The van der Waals surface area contributed by atoms with E-state index in [1.54, 1.807) is 30.6 Å². The van der Waals surface area contributed by atoms with Crippen LogP contribution < -0.4 is 11.1 Å². The standard InChI is InChI=1S/C30H38F3N3O5S/c1-19(13-14-34)11-12-21(3)16-24-17-26-35-23(18-42-26)8-6-9-25(36-29(39)30(31,32)33)28(38)40-22(4)15-20(2)7-5-10-27(37)41-24/h5,7,10-13,16,18,22,24-25H,6,8-9,14-15,17,34H2,1-4H3,(H,36,39)/b10-5-,12-11+,19-13+,20-7+,21-16+/t22-,24+,25-/m0/s1. The van der Waals surface area contributed by atoms with Gasteiger partial charge in [0.2, 0.25) is 0 Å². The molecule has 0 unspecified atom stereocenters. The number of allylic oxidation sites excluding steroid dienone is 6. The Morgan fingerprint density at radius 3 is 2.60 bits per heavy atom. The average molecular weight is 610 g/mol. The Morgan fingerprint density at radius 1 is 1.19 bits per heavy atom. The molecule has 3 atom stereocenters. The molecule has 0 spiro atoms. The third-order valence-corrected chi connectivity index (χ3v) is 6.97. The van der Waals surface area contributed by atoms with E-state index < -0.39 is 42.3 Å². The third kappa shape index (κ3) is 13.0. The largest absolute Gasteiger partial charge is 0.471 e. The summed E-state index contributed by atoms with van der Waals surface area (Å²) in [5.74, 6) is -3.70. The number of fused-ring (bicyclic) bond motifs is 2. The maximum atomic E-state index is 12.9. The maximum Gasteiger partial charge on any atom is 0.471 e. The van der Waals surface area contributed by atoms with E-state index in [-0.39, 0.29) is 19.3 Å². The third-order valence-electron chi connectivity index (χ3n) is 6.05. The molecular weight excluding hydrogens is 571 g/mol. The second kappa shape index (κ2) is 16.8. The molecule has 0 radical (unpaired) electrons. The maximum absolute atomic E-state index is 12.9. The summed E-state index contributed by atoms with van der Waals surface area (Å²) in [6.45, 7) is 7.60. The highest BCUT2D eigenvalue weighted by atomic mass is 32.1. The molecule has 1 aliphatic heterocycles. The van der Waals surface area contributed by atoms with Crippen LogP contribution in [0.25, 0.3) is 0 Å². The first-order valence-electron chi connectivity index (χ1n) is 13.6. The van der Waals surface area contributed by atoms with Gasteiger partial charge >= 0.3 is 24.0 Å². The number of hydrogen-bond donors (Lipinski definition) is 2. The van der Waals surface area contributed by atoms with Crippen molar-refractivity contribution in [2.24, 2.45) is 5.73 Å². The van der Waals surface area contributed by atoms with Crippen molar-refractivity contribution in [3.8, 4) is 0 Å². The fourth-order valence-corrected chi connectivity index (χ4v) is 4.90. The molecule has 0 saturated heterocycles. The van der Waals surface area contributed by atoms with Crippen LogP contribution in [0.2, 0.25) is 0 Å². The first-order chi connectivity index (χ1) is 19.8. The Hall–Kier alpha value is -3.51. The van der Waals surface area contributed by atoms with E-state index in [0.717, 1.165) is 16.7 Å². The summed E-state index contributed by atoms with van der Waals surface area (Å²) < 4.78 is 49.8. The number of alkyl halides is 3. The monoisotopic (exact) mass is 609 g/mol. The second-order valence-electron chi connectivity index (χ2n) is 10.1. The van der Waals surface area contributed by atoms with Gasteiger partial charge in [0.25, 0.3) is 0 Å². The van der Waals surface area contributed by atoms with Crippen LogP contribution in [0.1, 0.15) is 57.7 Å². The normalized spacial score (nSPS) is 24.5. The summed E-state index contributed by atoms with van der Waals surface area (Å²) in [5, 5.41) is 4.27. The average Bonchev–Trinajstić information content (AvgIpc) is 3.32. The highest BCUT2D eigenvalue weighted by Gasteiger charge is 2.41. The lowest BCUT2D eigenvalue weighted by Gasteiger charge is -2.21. The number of carbonyl (C=O) groups excluding carboxylic acids is 3. The number of nitrogens with two attached hydrogens (primary N) is 1. The zero-order valence-electron chi connectivity index (χ0n) is 24.2. The Bertz CT molecular complexity index is 1250. The van der Waals surface area contributed by atoms with E-state index in [1.807, 2.05) is 38.2 Å². The van der Waals surface area contributed by atoms with Crippen LogP contribution in [0, 0.1) is 0 Å². The van der Waals surface area contributed by atoms with Gasteiger partial charge in [0.05, 0.1) is 10.7 Å². The first-order valence-corrected chi connectivity index (χ1v) is 14.4. The second-order valence-corrected chi connectivity index (χ2v) is 11.0. The number of nitrogens with one attached hydrogen (secondary N) is 1. The van der Waals surface area contributed by atoms with Gasteiger partial charge < -0.3 is 20.5 Å². The fourth-order valence-electron chi connectivity index (χ4n) is 4.03. The van der Waals surface area contributed by atoms with Gasteiger partial charge in [0.1, 0.15) is 18.2 Å². The molecule has 230 valence electrons. The SMILES string of the molecule is CC(/C=C/C(C)=C/[C@@H]1Cc2nc(cs2)CCC[C@H](NC(=O)C(F)(F)F)C(=O)O[C@@H](C)C/C(C)=C/C=C\C(=O)O1)=C\CN. The van der Waals surface area contributed by atoms with Crippen molar-refractivity contribution in [2.45, 2.75) is 84.2 Å². The molecule has 12 heteroatoms. The summed E-state index contributed by atoms with van der Waals surface area (Å²) in [7, 11) is 0. The van der Waals surface area contributed by atoms with E-state index in [0.29, 0.717) is 30.1 Å². The molecule has 0 aliphatic carbocycles. The van der Waals surface area contributed by atoms with Crippen molar-refractivity contribution in [1.82, 2.24) is 10.3 Å². The number of rotatable bonds is 5. The highest BCUT2D eigenvalue weighted by Crippen LogP contribution is 2.20. The van der Waals surface area contributed by atoms with Gasteiger partial charge in [-0.15, -0.1) is 11.3 Å². The Morgan fingerprint density at radius 2 is 1.90 bits per heavy atom. The molecule has 3 N–H and O–H groups in total. The van der Waals surface area contributed by atoms with Crippen LogP contribution in [0.3, 0.4) is 0 Å². The van der Waals surface area contributed by atoms with Crippen molar-refractivity contribution in [1.29, 1.82) is 0 Å². The molecule has 2 bridgehead atoms. The lowest BCUT2D eigenvalue weighted by atomic mass is 10.1. The quantitative estimate of drug-likeness (QED) is 0.347. The van der Waals surface area contributed by atoms with Gasteiger partial charge in [-0.2, -0.15) is 13.2 Å². The molecule has 1 aromatic heterocycles. The number of cyclic esters (lactones) is 2. The Labute approximate surface area is 248 Å². The number of aryl methyl sites for hydroxylation is 1.